The van der Waals surface area contributed by atoms with Gasteiger partial charge in [0.05, 0.1) is 25.2 Å². The second-order valence-corrected chi connectivity index (χ2v) is 8.75. The lowest BCUT2D eigenvalue weighted by Gasteiger charge is -2.55. The largest absolute Gasteiger partial charge is 0.468 e. The van der Waals surface area contributed by atoms with Crippen LogP contribution in [-0.4, -0.2) is 56.5 Å². The van der Waals surface area contributed by atoms with E-state index in [2.05, 4.69) is 54.1 Å². The molecule has 5 atom stereocenters. The van der Waals surface area contributed by atoms with Gasteiger partial charge in [0.1, 0.15) is 5.41 Å². The number of nitrogens with zero attached hydrogens (tertiary/aromatic N) is 2. The van der Waals surface area contributed by atoms with Gasteiger partial charge in [0.25, 0.3) is 0 Å². The molecule has 1 aromatic carbocycles. The van der Waals surface area contributed by atoms with Crippen molar-refractivity contribution in [2.45, 2.75) is 36.9 Å². The van der Waals surface area contributed by atoms with Crippen LogP contribution in [0.4, 0.5) is 5.69 Å². The van der Waals surface area contributed by atoms with Crippen molar-refractivity contribution in [1.82, 2.24) is 4.90 Å². The molecule has 5 nitrogen and oxygen atoms in total. The van der Waals surface area contributed by atoms with Gasteiger partial charge in [-0.3, -0.25) is 9.69 Å². The van der Waals surface area contributed by atoms with E-state index in [1.165, 1.54) is 23.9 Å². The number of hydrogen-bond donors (Lipinski definition) is 0. The van der Waals surface area contributed by atoms with Crippen molar-refractivity contribution in [1.29, 1.82) is 0 Å². The fraction of sp³-hybridized carbons (Fsp3) is 0.591. The lowest BCUT2D eigenvalue weighted by Crippen LogP contribution is -2.69. The number of allylic oxidation sites excluding steroid dienone is 1. The van der Waals surface area contributed by atoms with Crippen LogP contribution in [0.5, 0.6) is 0 Å². The van der Waals surface area contributed by atoms with Gasteiger partial charge in [-0.15, -0.1) is 0 Å². The van der Waals surface area contributed by atoms with Crippen molar-refractivity contribution in [3.05, 3.63) is 41.5 Å². The number of ether oxygens (including phenoxy) is 2. The smallest absolute Gasteiger partial charge is 0.315 e. The molecular formula is C22H26N2O3. The first-order chi connectivity index (χ1) is 13.1. The number of carbonyl (C=O) groups excluding carboxylic acids is 1. The molecule has 0 N–H and O–H groups in total. The minimum Gasteiger partial charge on any atom is -0.468 e. The van der Waals surface area contributed by atoms with Crippen LogP contribution in [0.3, 0.4) is 0 Å². The first-order valence-corrected chi connectivity index (χ1v) is 10.0. The van der Waals surface area contributed by atoms with E-state index in [0.29, 0.717) is 6.61 Å². The molecule has 4 fully saturated rings. The number of piperidine rings is 2. The highest BCUT2D eigenvalue weighted by molar-refractivity contribution is 5.88. The zero-order valence-electron chi connectivity index (χ0n) is 16.2. The summed E-state index contributed by atoms with van der Waals surface area (Å²) in [5.74, 6) is 0.0702. The average Bonchev–Trinajstić information content (AvgIpc) is 3.22. The van der Waals surface area contributed by atoms with Crippen LogP contribution >= 0.6 is 0 Å². The molecule has 0 radical (unpaired) electrons. The fourth-order valence-corrected chi connectivity index (χ4v) is 7.81. The van der Waals surface area contributed by atoms with Gasteiger partial charge in [-0.1, -0.05) is 29.8 Å². The Bertz CT molecular complexity index is 897. The molecule has 142 valence electrons. The van der Waals surface area contributed by atoms with Gasteiger partial charge in [-0.2, -0.15) is 0 Å². The molecule has 4 heterocycles. The fourth-order valence-electron chi connectivity index (χ4n) is 7.81. The SMILES string of the molecule is C/C=C1/CCN2CC[C@@]34c5ccccc5N(C)[C@]35OC[C@@]4(C(=O)OC)[C@H]1C25. The molecular weight excluding hydrogens is 340 g/mol. The number of hydrogen-bond acceptors (Lipinski definition) is 5. The molecule has 5 aliphatic rings. The molecule has 0 spiro atoms. The van der Waals surface area contributed by atoms with Crippen LogP contribution in [0.2, 0.25) is 0 Å². The summed E-state index contributed by atoms with van der Waals surface area (Å²) in [4.78, 5) is 18.5. The van der Waals surface area contributed by atoms with E-state index in [1.807, 2.05) is 0 Å². The standard InChI is InChI=1S/C22H26N2O3/c1-4-14-9-11-24-12-10-21-15-7-5-6-8-16(15)23(2)22(21)18(24)17(14)20(21,13-27-22)19(25)26-3/h4-8,17-18H,9-13H2,1-3H3/b14-4-/t17-,18?,20+,21+,22-/m1/s1. The Morgan fingerprint density at radius 2 is 2.15 bits per heavy atom. The summed E-state index contributed by atoms with van der Waals surface area (Å²) in [5.41, 5.74) is 2.42. The number of esters is 1. The highest BCUT2D eigenvalue weighted by Gasteiger charge is 2.90. The molecule has 27 heavy (non-hydrogen) atoms. The molecule has 4 aliphatic heterocycles. The van der Waals surface area contributed by atoms with E-state index in [1.54, 1.807) is 0 Å². The summed E-state index contributed by atoms with van der Waals surface area (Å²) in [6, 6.07) is 8.79. The van der Waals surface area contributed by atoms with Crippen molar-refractivity contribution in [2.75, 3.05) is 38.8 Å². The zero-order chi connectivity index (χ0) is 18.6. The molecule has 1 unspecified atom stereocenters. The van der Waals surface area contributed by atoms with E-state index in [9.17, 15) is 4.79 Å². The normalized spacial score (nSPS) is 45.1. The quantitative estimate of drug-likeness (QED) is 0.564. The van der Waals surface area contributed by atoms with E-state index in [-0.39, 0.29) is 23.3 Å². The van der Waals surface area contributed by atoms with E-state index in [4.69, 9.17) is 9.47 Å². The third-order valence-corrected chi connectivity index (χ3v) is 8.54. The molecule has 0 amide bonds. The predicted molar refractivity (Wildman–Crippen MR) is 101 cm³/mol. The maximum Gasteiger partial charge on any atom is 0.315 e. The molecule has 1 aromatic rings. The maximum atomic E-state index is 13.6. The van der Waals surface area contributed by atoms with Crippen LogP contribution in [0.1, 0.15) is 25.3 Å². The van der Waals surface area contributed by atoms with E-state index in [0.717, 1.165) is 25.9 Å². The predicted octanol–water partition coefficient (Wildman–Crippen LogP) is 2.31. The minimum atomic E-state index is -0.649. The summed E-state index contributed by atoms with van der Waals surface area (Å²) < 4.78 is 12.2. The first-order valence-electron chi connectivity index (χ1n) is 10.0. The highest BCUT2D eigenvalue weighted by atomic mass is 16.6. The highest BCUT2D eigenvalue weighted by Crippen LogP contribution is 2.79. The Balaban J connectivity index is 1.75. The number of carbonyl (C=O) groups is 1. The number of fused-ring (bicyclic) bond motifs is 2. The van der Waals surface area contributed by atoms with Crippen LogP contribution in [-0.2, 0) is 19.7 Å². The van der Waals surface area contributed by atoms with Crippen LogP contribution in [0, 0.1) is 11.3 Å². The third kappa shape index (κ3) is 1.31. The zero-order valence-corrected chi connectivity index (χ0v) is 16.2. The number of rotatable bonds is 1. The molecule has 6 rings (SSSR count). The molecule has 1 saturated carbocycles. The van der Waals surface area contributed by atoms with Gasteiger partial charge in [0.15, 0.2) is 5.72 Å². The van der Waals surface area contributed by atoms with E-state index >= 15 is 0 Å². The second-order valence-electron chi connectivity index (χ2n) is 8.75. The van der Waals surface area contributed by atoms with E-state index < -0.39 is 11.1 Å². The lowest BCUT2D eigenvalue weighted by atomic mass is 9.57. The second kappa shape index (κ2) is 4.76. The van der Waals surface area contributed by atoms with Crippen molar-refractivity contribution >= 4 is 11.7 Å². The van der Waals surface area contributed by atoms with Crippen LogP contribution < -0.4 is 4.90 Å². The number of likely N-dealkylation sites (N-methyl/N-ethyl adjacent to an activating group) is 1. The van der Waals surface area contributed by atoms with Crippen molar-refractivity contribution in [3.63, 3.8) is 0 Å². The van der Waals surface area contributed by atoms with Crippen molar-refractivity contribution in [2.24, 2.45) is 11.3 Å². The number of methoxy groups -OCH3 is 1. The van der Waals surface area contributed by atoms with Gasteiger partial charge in [-0.25, -0.2) is 0 Å². The summed E-state index contributed by atoms with van der Waals surface area (Å²) >= 11 is 0. The molecule has 1 aliphatic carbocycles. The van der Waals surface area contributed by atoms with Gasteiger partial charge >= 0.3 is 5.97 Å². The maximum absolute atomic E-state index is 13.6. The Hall–Kier alpha value is -1.85. The summed E-state index contributed by atoms with van der Waals surface area (Å²) in [5, 5.41) is 0. The monoisotopic (exact) mass is 366 g/mol. The van der Waals surface area contributed by atoms with Gasteiger partial charge in [0, 0.05) is 25.2 Å². The van der Waals surface area contributed by atoms with Gasteiger partial charge < -0.3 is 14.4 Å². The lowest BCUT2D eigenvalue weighted by molar-refractivity contribution is -0.164. The molecule has 4 bridgehead atoms. The number of benzene rings is 1. The Morgan fingerprint density at radius 3 is 2.93 bits per heavy atom. The van der Waals surface area contributed by atoms with Crippen LogP contribution in [0.25, 0.3) is 0 Å². The number of para-hydroxylation sites is 1. The average molecular weight is 366 g/mol. The first kappa shape index (κ1) is 16.1. The molecule has 3 saturated heterocycles. The van der Waals surface area contributed by atoms with Crippen molar-refractivity contribution < 1.29 is 14.3 Å². The summed E-state index contributed by atoms with van der Waals surface area (Å²) in [7, 11) is 3.69. The molecule has 5 heteroatoms. The summed E-state index contributed by atoms with van der Waals surface area (Å²) in [6.45, 7) is 4.63. The van der Waals surface area contributed by atoms with Crippen molar-refractivity contribution in [3.8, 4) is 0 Å². The Kier molecular flexibility index (Phi) is 2.84. The van der Waals surface area contributed by atoms with Gasteiger partial charge in [-0.05, 0) is 37.9 Å². The number of anilines is 1. The Morgan fingerprint density at radius 1 is 1.33 bits per heavy atom. The minimum absolute atomic E-state index is 0.0925. The summed E-state index contributed by atoms with van der Waals surface area (Å²) in [6.07, 6.45) is 4.22. The Labute approximate surface area is 159 Å². The molecule has 0 aromatic heterocycles. The van der Waals surface area contributed by atoms with Gasteiger partial charge in [0.2, 0.25) is 0 Å². The van der Waals surface area contributed by atoms with Crippen LogP contribution in [0.15, 0.2) is 35.9 Å². The third-order valence-electron chi connectivity index (χ3n) is 8.54. The topological polar surface area (TPSA) is 42.0 Å².